The van der Waals surface area contributed by atoms with Crippen molar-refractivity contribution in [2.75, 3.05) is 27.2 Å². The molecule has 0 aromatic carbocycles. The summed E-state index contributed by atoms with van der Waals surface area (Å²) in [5.74, 6) is 0.972. The fraction of sp³-hybridized carbons (Fsp3) is 0.812. The van der Waals surface area contributed by atoms with Gasteiger partial charge in [-0.2, -0.15) is 0 Å². The van der Waals surface area contributed by atoms with Crippen LogP contribution >= 0.6 is 0 Å². The van der Waals surface area contributed by atoms with Crippen LogP contribution in [0.1, 0.15) is 45.1 Å². The zero-order valence-electron chi connectivity index (χ0n) is 14.1. The van der Waals surface area contributed by atoms with Crippen LogP contribution in [0, 0.1) is 0 Å². The Labute approximate surface area is 128 Å². The minimum Gasteiger partial charge on any atom is -0.360 e. The molecule has 1 aromatic heterocycles. The fourth-order valence-corrected chi connectivity index (χ4v) is 2.69. The lowest BCUT2D eigenvalue weighted by molar-refractivity contribution is 0.119. The Kier molecular flexibility index (Phi) is 5.41. The van der Waals surface area contributed by atoms with E-state index in [-0.39, 0.29) is 5.54 Å². The highest BCUT2D eigenvalue weighted by Crippen LogP contribution is 2.17. The van der Waals surface area contributed by atoms with E-state index in [4.69, 9.17) is 4.52 Å². The molecule has 1 N–H and O–H groups in total. The van der Waals surface area contributed by atoms with Crippen molar-refractivity contribution in [2.24, 2.45) is 0 Å². The summed E-state index contributed by atoms with van der Waals surface area (Å²) in [4.78, 5) is 4.79. The summed E-state index contributed by atoms with van der Waals surface area (Å²) in [6.45, 7) is 10.4. The molecule has 0 radical (unpaired) electrons. The molecule has 1 atom stereocenters. The molecular formula is C16H30N4O. The van der Waals surface area contributed by atoms with Crippen LogP contribution in [-0.4, -0.2) is 53.7 Å². The Morgan fingerprint density at radius 3 is 2.86 bits per heavy atom. The van der Waals surface area contributed by atoms with Crippen LogP contribution in [-0.2, 0) is 13.1 Å². The Morgan fingerprint density at radius 1 is 1.43 bits per heavy atom. The minimum atomic E-state index is 0.102. The number of hydrogen-bond acceptors (Lipinski definition) is 5. The van der Waals surface area contributed by atoms with Gasteiger partial charge in [-0.05, 0) is 54.3 Å². The van der Waals surface area contributed by atoms with E-state index in [0.717, 1.165) is 37.6 Å². The van der Waals surface area contributed by atoms with Crippen molar-refractivity contribution in [1.82, 2.24) is 20.3 Å². The second-order valence-electron chi connectivity index (χ2n) is 7.38. The molecule has 0 spiro atoms. The van der Waals surface area contributed by atoms with Crippen LogP contribution in [0.15, 0.2) is 10.6 Å². The van der Waals surface area contributed by atoms with Crippen molar-refractivity contribution in [1.29, 1.82) is 0 Å². The first-order chi connectivity index (χ1) is 9.83. The van der Waals surface area contributed by atoms with Crippen LogP contribution in [0.25, 0.3) is 0 Å². The molecule has 5 nitrogen and oxygen atoms in total. The highest BCUT2D eigenvalue weighted by atomic mass is 16.5. The van der Waals surface area contributed by atoms with E-state index in [1.807, 2.05) is 0 Å². The van der Waals surface area contributed by atoms with Gasteiger partial charge >= 0.3 is 0 Å². The summed E-state index contributed by atoms with van der Waals surface area (Å²) >= 11 is 0. The van der Waals surface area contributed by atoms with Gasteiger partial charge in [0.25, 0.3) is 0 Å². The lowest BCUT2D eigenvalue weighted by Gasteiger charge is -2.35. The molecule has 1 aromatic rings. The van der Waals surface area contributed by atoms with Crippen molar-refractivity contribution in [3.63, 3.8) is 0 Å². The van der Waals surface area contributed by atoms with E-state index in [1.54, 1.807) is 0 Å². The topological polar surface area (TPSA) is 44.5 Å². The van der Waals surface area contributed by atoms with Crippen molar-refractivity contribution >= 4 is 0 Å². The van der Waals surface area contributed by atoms with E-state index < -0.39 is 0 Å². The normalized spacial score (nSPS) is 21.1. The first-order valence-corrected chi connectivity index (χ1v) is 7.92. The van der Waals surface area contributed by atoms with Gasteiger partial charge in [0.1, 0.15) is 0 Å². The van der Waals surface area contributed by atoms with E-state index >= 15 is 0 Å². The van der Waals surface area contributed by atoms with Gasteiger partial charge in [0, 0.05) is 30.7 Å². The third-order valence-corrected chi connectivity index (χ3v) is 4.00. The zero-order valence-corrected chi connectivity index (χ0v) is 14.1. The van der Waals surface area contributed by atoms with Gasteiger partial charge in [0.05, 0.1) is 12.2 Å². The van der Waals surface area contributed by atoms with Gasteiger partial charge in [-0.25, -0.2) is 0 Å². The number of likely N-dealkylation sites (tertiary alicyclic amines) is 1. The van der Waals surface area contributed by atoms with Gasteiger partial charge in [0.15, 0.2) is 5.76 Å². The maximum Gasteiger partial charge on any atom is 0.151 e. The first-order valence-electron chi connectivity index (χ1n) is 7.92. The third-order valence-electron chi connectivity index (χ3n) is 4.00. The minimum absolute atomic E-state index is 0.102. The summed E-state index contributed by atoms with van der Waals surface area (Å²) < 4.78 is 5.48. The zero-order chi connectivity index (χ0) is 15.5. The van der Waals surface area contributed by atoms with Crippen LogP contribution in [0.4, 0.5) is 0 Å². The molecule has 0 aliphatic carbocycles. The predicted molar refractivity (Wildman–Crippen MR) is 85.1 cm³/mol. The summed E-state index contributed by atoms with van der Waals surface area (Å²) in [5, 5.41) is 7.60. The Hall–Kier alpha value is -0.910. The number of likely N-dealkylation sites (N-methyl/N-ethyl adjacent to an activating group) is 1. The molecule has 2 heterocycles. The smallest absolute Gasteiger partial charge is 0.151 e. The largest absolute Gasteiger partial charge is 0.360 e. The van der Waals surface area contributed by atoms with E-state index in [1.165, 1.54) is 12.8 Å². The number of hydrogen-bond donors (Lipinski definition) is 1. The van der Waals surface area contributed by atoms with Crippen LogP contribution in [0.5, 0.6) is 0 Å². The first kappa shape index (κ1) is 16.5. The maximum atomic E-state index is 5.48. The molecule has 0 bridgehead atoms. The predicted octanol–water partition coefficient (Wildman–Crippen LogP) is 2.09. The number of nitrogens with one attached hydrogen (secondary N) is 1. The molecule has 1 saturated heterocycles. The Morgan fingerprint density at radius 2 is 2.19 bits per heavy atom. The van der Waals surface area contributed by atoms with Crippen LogP contribution in [0.3, 0.4) is 0 Å². The maximum absolute atomic E-state index is 5.48. The fourth-order valence-electron chi connectivity index (χ4n) is 2.69. The summed E-state index contributed by atoms with van der Waals surface area (Å²) in [7, 11) is 4.33. The van der Waals surface area contributed by atoms with Crippen molar-refractivity contribution < 1.29 is 4.52 Å². The molecule has 5 heteroatoms. The molecule has 120 valence electrons. The average molecular weight is 294 g/mol. The molecule has 0 amide bonds. The van der Waals surface area contributed by atoms with Gasteiger partial charge in [0.2, 0.25) is 0 Å². The molecule has 21 heavy (non-hydrogen) atoms. The number of rotatable bonds is 5. The van der Waals surface area contributed by atoms with Crippen LogP contribution < -0.4 is 5.32 Å². The van der Waals surface area contributed by atoms with E-state index in [2.05, 4.69) is 61.2 Å². The molecule has 2 rings (SSSR count). The summed E-state index contributed by atoms with van der Waals surface area (Å²) in [5.41, 5.74) is 1.09. The number of aromatic nitrogens is 1. The molecule has 1 fully saturated rings. The number of nitrogens with zero attached hydrogens (tertiary/aromatic N) is 3. The SMILES string of the molecule is CN(C)C1CCCN(Cc2cc(CNC(C)(C)C)no2)C1. The number of piperidine rings is 1. The van der Waals surface area contributed by atoms with Crippen molar-refractivity contribution in [2.45, 2.75) is 58.3 Å². The van der Waals surface area contributed by atoms with Gasteiger partial charge in [-0.3, -0.25) is 4.90 Å². The second kappa shape index (κ2) is 6.90. The van der Waals surface area contributed by atoms with Gasteiger partial charge < -0.3 is 14.7 Å². The standard InChI is InChI=1S/C16H30N4O/c1-16(2,3)17-10-13-9-15(21-18-13)12-20-8-6-7-14(11-20)19(4)5/h9,14,17H,6-8,10-12H2,1-5H3. The molecule has 0 saturated carbocycles. The summed E-state index contributed by atoms with van der Waals surface area (Å²) in [6.07, 6.45) is 2.55. The Bertz CT molecular complexity index is 436. The van der Waals surface area contributed by atoms with Gasteiger partial charge in [-0.15, -0.1) is 0 Å². The van der Waals surface area contributed by atoms with E-state index in [9.17, 15) is 0 Å². The lowest BCUT2D eigenvalue weighted by atomic mass is 10.0. The molecule has 1 aliphatic rings. The highest BCUT2D eigenvalue weighted by Gasteiger charge is 2.22. The highest BCUT2D eigenvalue weighted by molar-refractivity contribution is 5.06. The molecular weight excluding hydrogens is 264 g/mol. The quantitative estimate of drug-likeness (QED) is 0.901. The lowest BCUT2D eigenvalue weighted by Crippen LogP contribution is -2.44. The van der Waals surface area contributed by atoms with E-state index in [0.29, 0.717) is 6.04 Å². The third kappa shape index (κ3) is 5.41. The average Bonchev–Trinajstić information content (AvgIpc) is 2.83. The molecule has 1 aliphatic heterocycles. The van der Waals surface area contributed by atoms with Gasteiger partial charge in [-0.1, -0.05) is 5.16 Å². The Balaban J connectivity index is 1.84. The molecule has 1 unspecified atom stereocenters. The summed E-state index contributed by atoms with van der Waals surface area (Å²) in [6, 6.07) is 2.74. The monoisotopic (exact) mass is 294 g/mol. The second-order valence-corrected chi connectivity index (χ2v) is 7.38. The van der Waals surface area contributed by atoms with Crippen molar-refractivity contribution in [3.8, 4) is 0 Å². The van der Waals surface area contributed by atoms with Crippen molar-refractivity contribution in [3.05, 3.63) is 17.5 Å². The van der Waals surface area contributed by atoms with Crippen LogP contribution in [0.2, 0.25) is 0 Å².